The Morgan fingerprint density at radius 2 is 0.690 bits per heavy atom. The lowest BCUT2D eigenvalue weighted by Gasteiger charge is -2.32. The van der Waals surface area contributed by atoms with Gasteiger partial charge in [0, 0.05) is 5.41 Å². The van der Waals surface area contributed by atoms with Gasteiger partial charge in [0.05, 0.1) is 6.61 Å². The van der Waals surface area contributed by atoms with Gasteiger partial charge in [-0.3, -0.25) is 0 Å². The minimum atomic E-state index is -0.410. The second-order valence-electron chi connectivity index (χ2n) is 20.0. The van der Waals surface area contributed by atoms with Crippen LogP contribution in [0.1, 0.15) is 133 Å². The van der Waals surface area contributed by atoms with Crippen molar-refractivity contribution in [1.82, 2.24) is 0 Å². The summed E-state index contributed by atoms with van der Waals surface area (Å²) in [5, 5.41) is 11.4. The molecule has 1 nitrogen and oxygen atoms in total. The molecule has 0 atom stereocenters. The summed E-state index contributed by atoms with van der Waals surface area (Å²) < 4.78 is 0. The monoisotopic (exact) mass is 769 g/mol. The summed E-state index contributed by atoms with van der Waals surface area (Å²) in [4.78, 5) is 0. The highest BCUT2D eigenvalue weighted by atomic mass is 16.3. The van der Waals surface area contributed by atoms with Gasteiger partial charge in [-0.25, -0.2) is 0 Å². The molecule has 0 fully saturated rings. The smallest absolute Gasteiger partial charge is 0.0693 e. The van der Waals surface area contributed by atoms with Gasteiger partial charge in [0.25, 0.3) is 0 Å². The topological polar surface area (TPSA) is 20.2 Å². The molecular weight excluding hydrogens is 701 g/mol. The molecule has 0 spiro atoms. The van der Waals surface area contributed by atoms with Gasteiger partial charge in [0.2, 0.25) is 0 Å². The average molecular weight is 769 g/mol. The van der Waals surface area contributed by atoms with Crippen molar-refractivity contribution in [3.05, 3.63) is 163 Å². The van der Waals surface area contributed by atoms with Gasteiger partial charge >= 0.3 is 0 Å². The molecule has 0 unspecified atom stereocenters. The molecule has 0 saturated carbocycles. The van der Waals surface area contributed by atoms with Gasteiger partial charge in [-0.15, -0.1) is 0 Å². The molecule has 302 valence electrons. The van der Waals surface area contributed by atoms with Crippen LogP contribution < -0.4 is 0 Å². The van der Waals surface area contributed by atoms with Crippen molar-refractivity contribution in [2.24, 2.45) is 0 Å². The first-order valence-electron chi connectivity index (χ1n) is 21.3. The van der Waals surface area contributed by atoms with Gasteiger partial charge in [0.1, 0.15) is 0 Å². The van der Waals surface area contributed by atoms with Crippen molar-refractivity contribution in [3.63, 3.8) is 0 Å². The van der Waals surface area contributed by atoms with E-state index in [1.807, 2.05) is 0 Å². The van der Waals surface area contributed by atoms with Crippen molar-refractivity contribution >= 4 is 0 Å². The highest BCUT2D eigenvalue weighted by Crippen LogP contribution is 2.46. The molecule has 0 heterocycles. The maximum absolute atomic E-state index is 11.4. The average Bonchev–Trinajstić information content (AvgIpc) is 3.16. The molecule has 1 N–H and O–H groups in total. The molecule has 0 aliphatic rings. The van der Waals surface area contributed by atoms with Gasteiger partial charge in [-0.2, -0.15) is 0 Å². The van der Waals surface area contributed by atoms with E-state index in [1.165, 1.54) is 100 Å². The van der Waals surface area contributed by atoms with E-state index in [0.29, 0.717) is 0 Å². The van der Waals surface area contributed by atoms with Crippen LogP contribution in [0.4, 0.5) is 0 Å². The molecule has 0 aliphatic heterocycles. The van der Waals surface area contributed by atoms with Crippen molar-refractivity contribution in [2.45, 2.75) is 141 Å². The Bertz CT molecular complexity index is 2470. The normalized spacial score (nSPS) is 12.4. The first-order valence-corrected chi connectivity index (χ1v) is 21.3. The Morgan fingerprint density at radius 1 is 0.362 bits per heavy atom. The van der Waals surface area contributed by atoms with Crippen LogP contribution in [0.15, 0.2) is 84.9 Å². The van der Waals surface area contributed by atoms with E-state index in [-0.39, 0.29) is 17.4 Å². The predicted molar refractivity (Wildman–Crippen MR) is 253 cm³/mol. The van der Waals surface area contributed by atoms with Crippen molar-refractivity contribution in [2.75, 3.05) is 0 Å². The standard InChI is InChI=1S/C57H68O/c1-33-26-34(2)38(6)53(37(33)5)49-29-46(28-48(41(49)9)42-18-22-44(23-19-42)55(10,11)12)57(16,17)47-30-50(43-20-24-45(25-21-43)56(13,14)15)52(32-58)51(31-47)54-39(7)35(3)27-36(4)40(54)8/h18-31,58H,32H2,1-17H3. The summed E-state index contributed by atoms with van der Waals surface area (Å²) in [6, 6.07) is 32.7. The first-order chi connectivity index (χ1) is 27.0. The van der Waals surface area contributed by atoms with Crippen LogP contribution in [0.25, 0.3) is 44.5 Å². The van der Waals surface area contributed by atoms with Gasteiger partial charge in [-0.05, 0) is 220 Å². The molecule has 6 aromatic rings. The van der Waals surface area contributed by atoms with Gasteiger partial charge in [-0.1, -0.05) is 116 Å². The summed E-state index contributed by atoms with van der Waals surface area (Å²) >= 11 is 0. The lowest BCUT2D eigenvalue weighted by Crippen LogP contribution is -2.20. The number of aryl methyl sites for hydroxylation is 4. The second-order valence-corrected chi connectivity index (χ2v) is 20.0. The third-order valence-electron chi connectivity index (χ3n) is 13.7. The number of hydrogen-bond donors (Lipinski definition) is 1. The van der Waals surface area contributed by atoms with Crippen LogP contribution in [-0.4, -0.2) is 5.11 Å². The summed E-state index contributed by atoms with van der Waals surface area (Å²) in [5.74, 6) is 0. The lowest BCUT2D eigenvalue weighted by atomic mass is 9.72. The summed E-state index contributed by atoms with van der Waals surface area (Å²) in [7, 11) is 0. The largest absolute Gasteiger partial charge is 0.392 e. The number of hydrogen-bond acceptors (Lipinski definition) is 1. The maximum Gasteiger partial charge on any atom is 0.0693 e. The molecular formula is C57H68O. The Hall–Kier alpha value is -4.72. The zero-order chi connectivity index (χ0) is 42.8. The zero-order valence-electron chi connectivity index (χ0n) is 38.7. The Morgan fingerprint density at radius 3 is 1.07 bits per heavy atom. The van der Waals surface area contributed by atoms with E-state index < -0.39 is 5.41 Å². The number of aliphatic hydroxyl groups excluding tert-OH is 1. The van der Waals surface area contributed by atoms with Gasteiger partial charge in [0.15, 0.2) is 0 Å². The van der Waals surface area contributed by atoms with Crippen LogP contribution in [0, 0.1) is 62.3 Å². The molecule has 0 radical (unpaired) electrons. The van der Waals surface area contributed by atoms with Crippen molar-refractivity contribution in [1.29, 1.82) is 0 Å². The Labute approximate surface area is 351 Å². The minimum Gasteiger partial charge on any atom is -0.392 e. The SMILES string of the molecule is Cc1cc(C)c(C)c(-c2cc(C(C)(C)c3cc(-c4ccc(C(C)(C)C)cc4)c(CO)c(-c4c(C)c(C)cc(C)c4C)c3)cc(-c3ccc(C(C)(C)C)cc3)c2C)c1C. The molecule has 0 saturated heterocycles. The fraction of sp³-hybridized carbons (Fsp3) is 0.368. The Balaban J connectivity index is 1.71. The molecule has 0 aromatic heterocycles. The lowest BCUT2D eigenvalue weighted by molar-refractivity contribution is 0.283. The molecule has 0 amide bonds. The molecule has 58 heavy (non-hydrogen) atoms. The van der Waals surface area contributed by atoms with Crippen LogP contribution in [0.3, 0.4) is 0 Å². The highest BCUT2D eigenvalue weighted by Gasteiger charge is 2.30. The highest BCUT2D eigenvalue weighted by molar-refractivity contribution is 5.86. The second kappa shape index (κ2) is 15.5. The summed E-state index contributed by atoms with van der Waals surface area (Å²) in [5.41, 5.74) is 27.2. The van der Waals surface area contributed by atoms with Crippen molar-refractivity contribution < 1.29 is 5.11 Å². The summed E-state index contributed by atoms with van der Waals surface area (Å²) in [6.45, 7) is 38.7. The van der Waals surface area contributed by atoms with Crippen molar-refractivity contribution in [3.8, 4) is 44.5 Å². The van der Waals surface area contributed by atoms with Crippen LogP contribution in [0.2, 0.25) is 0 Å². The summed E-state index contributed by atoms with van der Waals surface area (Å²) in [6.07, 6.45) is 0. The molecule has 0 bridgehead atoms. The van der Waals surface area contributed by atoms with E-state index >= 15 is 0 Å². The van der Waals surface area contributed by atoms with E-state index in [9.17, 15) is 5.11 Å². The number of aliphatic hydroxyl groups is 1. The number of rotatable bonds is 7. The third-order valence-corrected chi connectivity index (χ3v) is 13.7. The van der Waals surface area contributed by atoms with Crippen LogP contribution in [-0.2, 0) is 22.9 Å². The predicted octanol–water partition coefficient (Wildman–Crippen LogP) is 15.5. The van der Waals surface area contributed by atoms with E-state index in [2.05, 4.69) is 203 Å². The fourth-order valence-electron chi connectivity index (χ4n) is 9.03. The fourth-order valence-corrected chi connectivity index (χ4v) is 9.03. The quantitative estimate of drug-likeness (QED) is 0.171. The first kappa shape index (κ1) is 42.9. The Kier molecular flexibility index (Phi) is 11.4. The molecule has 0 aliphatic carbocycles. The zero-order valence-corrected chi connectivity index (χ0v) is 38.7. The number of benzene rings is 6. The van der Waals surface area contributed by atoms with E-state index in [0.717, 1.165) is 22.3 Å². The molecule has 6 aromatic carbocycles. The third kappa shape index (κ3) is 7.76. The van der Waals surface area contributed by atoms with Gasteiger partial charge < -0.3 is 5.11 Å². The molecule has 1 heteroatoms. The molecule has 6 rings (SSSR count). The van der Waals surface area contributed by atoms with Crippen LogP contribution >= 0.6 is 0 Å². The van der Waals surface area contributed by atoms with E-state index in [1.54, 1.807) is 0 Å². The van der Waals surface area contributed by atoms with E-state index in [4.69, 9.17) is 0 Å². The minimum absolute atomic E-state index is 0.0428. The van der Waals surface area contributed by atoms with Crippen LogP contribution in [0.5, 0.6) is 0 Å². The maximum atomic E-state index is 11.4.